The van der Waals surface area contributed by atoms with E-state index in [1.165, 1.54) is 0 Å². The van der Waals surface area contributed by atoms with Crippen LogP contribution in [0, 0.1) is 0 Å². The molecule has 6 nitrogen and oxygen atoms in total. The molecule has 0 bridgehead atoms. The van der Waals surface area contributed by atoms with E-state index in [0.29, 0.717) is 0 Å². The first kappa shape index (κ1) is 10.8. The van der Waals surface area contributed by atoms with Crippen molar-refractivity contribution in [3.63, 3.8) is 0 Å². The Kier molecular flexibility index (Phi) is 2.85. The Bertz CT molecular complexity index is 184. The fourth-order valence-electron chi connectivity index (χ4n) is 1.11. The summed E-state index contributed by atoms with van der Waals surface area (Å²) in [5.41, 5.74) is 0. The van der Waals surface area contributed by atoms with Crippen molar-refractivity contribution in [1.29, 1.82) is 0 Å². The van der Waals surface area contributed by atoms with Crippen LogP contribution in [0.2, 0.25) is 0 Å². The first-order chi connectivity index (χ1) is 5.90. The zero-order valence-corrected chi connectivity index (χ0v) is 6.54. The number of hydrogen-bond donors (Lipinski definition) is 5. The quantitative estimate of drug-likeness (QED) is 0.308. The summed E-state index contributed by atoms with van der Waals surface area (Å²) in [5.74, 6) is 0. The molecular formula is C6H11FO6. The van der Waals surface area contributed by atoms with Crippen molar-refractivity contribution < 1.29 is 34.7 Å². The van der Waals surface area contributed by atoms with Crippen molar-refractivity contribution in [2.45, 2.75) is 30.5 Å². The fourth-order valence-corrected chi connectivity index (χ4v) is 1.11. The van der Waals surface area contributed by atoms with Gasteiger partial charge >= 0.3 is 6.04 Å². The van der Waals surface area contributed by atoms with Gasteiger partial charge in [-0.1, -0.05) is 0 Å². The van der Waals surface area contributed by atoms with Crippen molar-refractivity contribution >= 4 is 0 Å². The summed E-state index contributed by atoms with van der Waals surface area (Å²) >= 11 is 0. The van der Waals surface area contributed by atoms with E-state index in [2.05, 4.69) is 4.74 Å². The van der Waals surface area contributed by atoms with Crippen LogP contribution in [0.5, 0.6) is 0 Å². The third-order valence-corrected chi connectivity index (χ3v) is 1.92. The Morgan fingerprint density at radius 2 is 1.77 bits per heavy atom. The van der Waals surface area contributed by atoms with Gasteiger partial charge in [0.2, 0.25) is 0 Å². The second-order valence-corrected chi connectivity index (χ2v) is 2.87. The number of aliphatic hydroxyl groups is 5. The van der Waals surface area contributed by atoms with Gasteiger partial charge in [-0.3, -0.25) is 0 Å². The van der Waals surface area contributed by atoms with E-state index in [4.69, 9.17) is 25.5 Å². The molecule has 0 aromatic heterocycles. The number of aliphatic hydroxyl groups excluding tert-OH is 4. The second kappa shape index (κ2) is 3.45. The van der Waals surface area contributed by atoms with E-state index in [1.54, 1.807) is 0 Å². The molecule has 1 aliphatic rings. The molecule has 1 aliphatic heterocycles. The number of rotatable bonds is 1. The number of hydrogen-bond acceptors (Lipinski definition) is 6. The summed E-state index contributed by atoms with van der Waals surface area (Å²) < 4.78 is 16.9. The molecule has 5 atom stereocenters. The normalized spacial score (nSPS) is 52.2. The molecule has 0 saturated carbocycles. The average Bonchev–Trinajstić information content (AvgIpc) is 2.08. The molecule has 0 spiro atoms. The summed E-state index contributed by atoms with van der Waals surface area (Å²) in [5, 5.41) is 44.2. The number of halogens is 1. The molecule has 0 amide bonds. The molecule has 0 radical (unpaired) electrons. The van der Waals surface area contributed by atoms with Gasteiger partial charge in [0.05, 0.1) is 6.61 Å². The van der Waals surface area contributed by atoms with Gasteiger partial charge in [-0.2, -0.15) is 4.39 Å². The third kappa shape index (κ3) is 1.80. The lowest BCUT2D eigenvalue weighted by molar-refractivity contribution is -0.403. The third-order valence-electron chi connectivity index (χ3n) is 1.92. The number of alkyl halides is 1. The molecule has 0 aromatic carbocycles. The lowest BCUT2D eigenvalue weighted by Gasteiger charge is -2.40. The molecule has 0 unspecified atom stereocenters. The van der Waals surface area contributed by atoms with E-state index >= 15 is 0 Å². The molecule has 5 N–H and O–H groups in total. The van der Waals surface area contributed by atoms with Crippen LogP contribution in [-0.4, -0.2) is 62.6 Å². The summed E-state index contributed by atoms with van der Waals surface area (Å²) in [6, 6.07) is -3.45. The number of ether oxygens (including phenoxy) is 1. The minimum Gasteiger partial charge on any atom is -0.394 e. The first-order valence-electron chi connectivity index (χ1n) is 3.64. The highest BCUT2D eigenvalue weighted by Crippen LogP contribution is 2.28. The lowest BCUT2D eigenvalue weighted by Crippen LogP contribution is -2.63. The minimum atomic E-state index is -3.45. The highest BCUT2D eigenvalue weighted by atomic mass is 19.2. The van der Waals surface area contributed by atoms with Gasteiger partial charge in [-0.25, -0.2) is 0 Å². The van der Waals surface area contributed by atoms with Gasteiger partial charge in [0.1, 0.15) is 18.3 Å². The fraction of sp³-hybridized carbons (Fsp3) is 1.00. The van der Waals surface area contributed by atoms with Gasteiger partial charge in [0, 0.05) is 0 Å². The maximum absolute atomic E-state index is 12.8. The SMILES string of the molecule is OC[C@H]1O[C@@](O)(F)[C@@H](O)[C@@H](O)[C@@H]1O. The first-order valence-corrected chi connectivity index (χ1v) is 3.64. The minimum absolute atomic E-state index is 0.781. The van der Waals surface area contributed by atoms with E-state index in [0.717, 1.165) is 0 Å². The standard InChI is InChI=1S/C6H11FO6/c7-6(12)5(11)4(10)3(9)2(1-8)13-6/h2-5,8-12H,1H2/t2-,3-,4+,5+,6-/m1/s1. The summed E-state index contributed by atoms with van der Waals surface area (Å²) in [6.07, 6.45) is -7.27. The van der Waals surface area contributed by atoms with Gasteiger partial charge in [-0.15, -0.1) is 0 Å². The van der Waals surface area contributed by atoms with E-state index in [-0.39, 0.29) is 0 Å². The Balaban J connectivity index is 2.79. The van der Waals surface area contributed by atoms with Crippen LogP contribution in [0.4, 0.5) is 4.39 Å². The average molecular weight is 198 g/mol. The van der Waals surface area contributed by atoms with Gasteiger partial charge in [0.15, 0.2) is 6.10 Å². The molecule has 1 fully saturated rings. The topological polar surface area (TPSA) is 110 Å². The summed E-state index contributed by atoms with van der Waals surface area (Å²) in [6.45, 7) is -0.781. The molecule has 13 heavy (non-hydrogen) atoms. The molecule has 78 valence electrons. The van der Waals surface area contributed by atoms with Crippen LogP contribution in [0.1, 0.15) is 0 Å². The van der Waals surface area contributed by atoms with Crippen molar-refractivity contribution in [3.05, 3.63) is 0 Å². The van der Waals surface area contributed by atoms with Crippen LogP contribution in [-0.2, 0) is 4.74 Å². The van der Waals surface area contributed by atoms with Crippen LogP contribution in [0.15, 0.2) is 0 Å². The van der Waals surface area contributed by atoms with E-state index in [1.807, 2.05) is 0 Å². The molecular weight excluding hydrogens is 187 g/mol. The predicted octanol–water partition coefficient (Wildman–Crippen LogP) is -2.92. The van der Waals surface area contributed by atoms with Crippen molar-refractivity contribution in [3.8, 4) is 0 Å². The van der Waals surface area contributed by atoms with Crippen molar-refractivity contribution in [2.24, 2.45) is 0 Å². The maximum Gasteiger partial charge on any atom is 0.347 e. The smallest absolute Gasteiger partial charge is 0.347 e. The second-order valence-electron chi connectivity index (χ2n) is 2.87. The highest BCUT2D eigenvalue weighted by molar-refractivity contribution is 4.91. The largest absolute Gasteiger partial charge is 0.394 e. The Morgan fingerprint density at radius 3 is 2.23 bits per heavy atom. The molecule has 1 heterocycles. The Morgan fingerprint density at radius 1 is 1.23 bits per heavy atom. The zero-order chi connectivity index (χ0) is 10.2. The van der Waals surface area contributed by atoms with Crippen LogP contribution in [0.25, 0.3) is 0 Å². The summed E-state index contributed by atoms with van der Waals surface area (Å²) in [4.78, 5) is 0. The molecule has 0 aliphatic carbocycles. The monoisotopic (exact) mass is 198 g/mol. The van der Waals surface area contributed by atoms with Crippen LogP contribution >= 0.6 is 0 Å². The van der Waals surface area contributed by atoms with Crippen LogP contribution in [0.3, 0.4) is 0 Å². The zero-order valence-electron chi connectivity index (χ0n) is 6.54. The molecule has 0 aromatic rings. The maximum atomic E-state index is 12.8. The van der Waals surface area contributed by atoms with Gasteiger partial charge < -0.3 is 30.3 Å². The van der Waals surface area contributed by atoms with E-state index in [9.17, 15) is 4.39 Å². The molecule has 7 heteroatoms. The van der Waals surface area contributed by atoms with Crippen molar-refractivity contribution in [2.75, 3.05) is 6.61 Å². The predicted molar refractivity (Wildman–Crippen MR) is 36.0 cm³/mol. The highest BCUT2D eigenvalue weighted by Gasteiger charge is 2.53. The molecule has 1 rings (SSSR count). The van der Waals surface area contributed by atoms with Crippen LogP contribution < -0.4 is 0 Å². The van der Waals surface area contributed by atoms with Gasteiger partial charge in [-0.05, 0) is 0 Å². The van der Waals surface area contributed by atoms with E-state index < -0.39 is 37.1 Å². The molecule has 1 saturated heterocycles. The van der Waals surface area contributed by atoms with Gasteiger partial charge in [0.25, 0.3) is 0 Å². The Labute approximate surface area is 72.8 Å². The van der Waals surface area contributed by atoms with Crippen molar-refractivity contribution in [1.82, 2.24) is 0 Å². The summed E-state index contributed by atoms with van der Waals surface area (Å²) in [7, 11) is 0. The lowest BCUT2D eigenvalue weighted by atomic mass is 9.98. The Hall–Kier alpha value is -0.310.